The Labute approximate surface area is 172 Å². The zero-order valence-corrected chi connectivity index (χ0v) is 17.4. The molecule has 1 aliphatic rings. The summed E-state index contributed by atoms with van der Waals surface area (Å²) in [6.07, 6.45) is 1.60. The van der Waals surface area contributed by atoms with Gasteiger partial charge < -0.3 is 18.9 Å². The summed E-state index contributed by atoms with van der Waals surface area (Å²) in [5.41, 5.74) is 2.21. The van der Waals surface area contributed by atoms with E-state index in [0.717, 1.165) is 29.1 Å². The zero-order valence-electron chi connectivity index (χ0n) is 16.5. The summed E-state index contributed by atoms with van der Waals surface area (Å²) in [6.45, 7) is 3.13. The average Bonchev–Trinajstić information content (AvgIpc) is 3.41. The van der Waals surface area contributed by atoms with Gasteiger partial charge in [-0.1, -0.05) is 15.7 Å². The van der Waals surface area contributed by atoms with Gasteiger partial charge >= 0.3 is 0 Å². The molecule has 1 fully saturated rings. The molecule has 2 aromatic heterocycles. The van der Waals surface area contributed by atoms with Crippen LogP contribution in [-0.2, 0) is 0 Å². The summed E-state index contributed by atoms with van der Waals surface area (Å²) in [5, 5.41) is 8.31. The van der Waals surface area contributed by atoms with Gasteiger partial charge in [-0.2, -0.15) is 0 Å². The van der Waals surface area contributed by atoms with Crippen molar-refractivity contribution in [1.82, 2.24) is 19.6 Å². The topological polar surface area (TPSA) is 90.6 Å². The molecule has 0 bridgehead atoms. The van der Waals surface area contributed by atoms with Crippen LogP contribution in [0.1, 0.15) is 40.5 Å². The Kier molecular flexibility index (Phi) is 5.48. The first-order valence-corrected chi connectivity index (χ1v) is 10.2. The summed E-state index contributed by atoms with van der Waals surface area (Å²) in [7, 11) is 3.11. The van der Waals surface area contributed by atoms with E-state index < -0.39 is 0 Å². The number of hydrogen-bond acceptors (Lipinski definition) is 8. The second-order valence-corrected chi connectivity index (χ2v) is 7.68. The van der Waals surface area contributed by atoms with E-state index in [2.05, 4.69) is 14.7 Å². The first kappa shape index (κ1) is 19.4. The maximum Gasteiger partial charge on any atom is 0.261 e. The molecule has 8 nitrogen and oxygen atoms in total. The van der Waals surface area contributed by atoms with Crippen LogP contribution in [0.5, 0.6) is 11.5 Å². The minimum atomic E-state index is -0.0831. The highest BCUT2D eigenvalue weighted by atomic mass is 32.1. The molecule has 3 aromatic rings. The van der Waals surface area contributed by atoms with Gasteiger partial charge in [-0.25, -0.2) is 0 Å². The van der Waals surface area contributed by atoms with Crippen LogP contribution >= 0.6 is 11.5 Å². The first-order valence-electron chi connectivity index (χ1n) is 9.38. The summed E-state index contributed by atoms with van der Waals surface area (Å²) < 4.78 is 20.3. The number of likely N-dealkylation sites (tertiary alicyclic amines) is 1. The van der Waals surface area contributed by atoms with Crippen molar-refractivity contribution in [2.45, 2.75) is 25.7 Å². The fourth-order valence-electron chi connectivity index (χ4n) is 3.68. The number of benzene rings is 1. The van der Waals surface area contributed by atoms with Gasteiger partial charge in [0.2, 0.25) is 0 Å². The second kappa shape index (κ2) is 8.20. The normalized spacial score (nSPS) is 14.8. The molecule has 0 unspecified atom stereocenters. The van der Waals surface area contributed by atoms with E-state index in [9.17, 15) is 4.79 Å². The van der Waals surface area contributed by atoms with Crippen molar-refractivity contribution in [3.63, 3.8) is 0 Å². The molecular formula is C20H22N4O4S. The molecule has 4 rings (SSSR count). The SMILES string of the molecule is COc1cccc(OC)c1C(=O)N1CCC(c2nnsc2-c2cc(C)no2)CC1. The molecule has 29 heavy (non-hydrogen) atoms. The van der Waals surface area contributed by atoms with Gasteiger partial charge in [0.1, 0.15) is 21.9 Å². The molecule has 3 heterocycles. The van der Waals surface area contributed by atoms with Gasteiger partial charge in [0.25, 0.3) is 5.91 Å². The molecule has 0 atom stereocenters. The quantitative estimate of drug-likeness (QED) is 0.631. The van der Waals surface area contributed by atoms with Gasteiger partial charge in [-0.3, -0.25) is 4.79 Å². The van der Waals surface area contributed by atoms with Crippen molar-refractivity contribution in [2.24, 2.45) is 0 Å². The van der Waals surface area contributed by atoms with Gasteiger partial charge in [0, 0.05) is 25.1 Å². The Morgan fingerprint density at radius 1 is 1.21 bits per heavy atom. The fraction of sp³-hybridized carbons (Fsp3) is 0.400. The molecule has 0 N–H and O–H groups in total. The van der Waals surface area contributed by atoms with Crippen LogP contribution in [0, 0.1) is 6.92 Å². The second-order valence-electron chi connectivity index (χ2n) is 6.92. The summed E-state index contributed by atoms with van der Waals surface area (Å²) in [4.78, 5) is 15.9. The van der Waals surface area contributed by atoms with E-state index in [1.165, 1.54) is 11.5 Å². The Balaban J connectivity index is 1.50. The Morgan fingerprint density at radius 3 is 2.48 bits per heavy atom. The van der Waals surface area contributed by atoms with Gasteiger partial charge in [0.05, 0.1) is 25.6 Å². The molecule has 1 saturated heterocycles. The molecule has 0 radical (unpaired) electrons. The highest BCUT2D eigenvalue weighted by molar-refractivity contribution is 7.09. The van der Waals surface area contributed by atoms with Crippen LogP contribution < -0.4 is 9.47 Å². The van der Waals surface area contributed by atoms with Crippen molar-refractivity contribution in [3.8, 4) is 22.1 Å². The molecule has 1 aromatic carbocycles. The largest absolute Gasteiger partial charge is 0.496 e. The van der Waals surface area contributed by atoms with Crippen LogP contribution in [0.25, 0.3) is 10.6 Å². The monoisotopic (exact) mass is 414 g/mol. The van der Waals surface area contributed by atoms with Gasteiger partial charge in [0.15, 0.2) is 5.76 Å². The smallest absolute Gasteiger partial charge is 0.261 e. The maximum absolute atomic E-state index is 13.2. The van der Waals surface area contributed by atoms with Gasteiger partial charge in [-0.05, 0) is 43.4 Å². The van der Waals surface area contributed by atoms with Crippen molar-refractivity contribution in [1.29, 1.82) is 0 Å². The Hall–Kier alpha value is -2.94. The molecule has 0 spiro atoms. The molecule has 1 amide bonds. The summed E-state index contributed by atoms with van der Waals surface area (Å²) >= 11 is 1.31. The number of carbonyl (C=O) groups is 1. The molecule has 9 heteroatoms. The third-order valence-corrected chi connectivity index (χ3v) is 5.93. The van der Waals surface area contributed by atoms with Crippen molar-refractivity contribution >= 4 is 17.4 Å². The van der Waals surface area contributed by atoms with Crippen molar-refractivity contribution in [3.05, 3.63) is 41.2 Å². The molecular weight excluding hydrogens is 392 g/mol. The fourth-order valence-corrected chi connectivity index (χ4v) is 4.38. The summed E-state index contributed by atoms with van der Waals surface area (Å²) in [5.74, 6) is 1.87. The number of piperidine rings is 1. The van der Waals surface area contributed by atoms with Crippen LogP contribution in [0.15, 0.2) is 28.8 Å². The number of carbonyl (C=O) groups excluding carboxylic acids is 1. The van der Waals surface area contributed by atoms with E-state index in [1.54, 1.807) is 26.4 Å². The number of amides is 1. The lowest BCUT2D eigenvalue weighted by molar-refractivity contribution is 0.0705. The first-order chi connectivity index (χ1) is 14.1. The third kappa shape index (κ3) is 3.69. The molecule has 0 saturated carbocycles. The Bertz CT molecular complexity index is 985. The van der Waals surface area contributed by atoms with E-state index in [-0.39, 0.29) is 11.8 Å². The number of nitrogens with zero attached hydrogens (tertiary/aromatic N) is 4. The highest BCUT2D eigenvalue weighted by Gasteiger charge is 2.31. The number of ether oxygens (including phenoxy) is 2. The lowest BCUT2D eigenvalue weighted by atomic mass is 9.92. The molecule has 1 aliphatic heterocycles. The molecule has 152 valence electrons. The van der Waals surface area contributed by atoms with E-state index in [1.807, 2.05) is 24.0 Å². The number of aromatic nitrogens is 3. The number of aryl methyl sites for hydroxylation is 1. The van der Waals surface area contributed by atoms with Crippen molar-refractivity contribution in [2.75, 3.05) is 27.3 Å². The highest BCUT2D eigenvalue weighted by Crippen LogP contribution is 2.37. The summed E-state index contributed by atoms with van der Waals surface area (Å²) in [6, 6.07) is 7.25. The molecule has 0 aliphatic carbocycles. The zero-order chi connectivity index (χ0) is 20.4. The van der Waals surface area contributed by atoms with E-state index >= 15 is 0 Å². The van der Waals surface area contributed by atoms with Crippen LogP contribution in [0.4, 0.5) is 0 Å². The average molecular weight is 414 g/mol. The van der Waals surface area contributed by atoms with E-state index in [4.69, 9.17) is 14.0 Å². The predicted molar refractivity (Wildman–Crippen MR) is 108 cm³/mol. The lowest BCUT2D eigenvalue weighted by Gasteiger charge is -2.32. The predicted octanol–water partition coefficient (Wildman–Crippen LogP) is 3.54. The van der Waals surface area contributed by atoms with Crippen LogP contribution in [0.2, 0.25) is 0 Å². The maximum atomic E-state index is 13.2. The lowest BCUT2D eigenvalue weighted by Crippen LogP contribution is -2.38. The minimum absolute atomic E-state index is 0.0831. The third-order valence-electron chi connectivity index (χ3n) is 5.18. The van der Waals surface area contributed by atoms with Crippen LogP contribution in [0.3, 0.4) is 0 Å². The van der Waals surface area contributed by atoms with Crippen LogP contribution in [-0.4, -0.2) is 52.9 Å². The minimum Gasteiger partial charge on any atom is -0.496 e. The van der Waals surface area contributed by atoms with Gasteiger partial charge in [-0.15, -0.1) is 5.10 Å². The standard InChI is InChI=1S/C20H22N4O4S/c1-12-11-16(28-22-12)19-18(21-23-29-19)13-7-9-24(10-8-13)20(25)17-14(26-2)5-4-6-15(17)27-3/h4-6,11,13H,7-10H2,1-3H3. The Morgan fingerprint density at radius 2 is 1.90 bits per heavy atom. The number of hydrogen-bond donors (Lipinski definition) is 0. The number of methoxy groups -OCH3 is 2. The van der Waals surface area contributed by atoms with E-state index in [0.29, 0.717) is 35.9 Å². The number of rotatable bonds is 5. The van der Waals surface area contributed by atoms with Crippen molar-refractivity contribution < 1.29 is 18.8 Å².